The monoisotopic (exact) mass is 286 g/mol. The molecular weight excluding hydrogens is 260 g/mol. The molecule has 0 saturated heterocycles. The van der Waals surface area contributed by atoms with Crippen molar-refractivity contribution in [3.63, 3.8) is 0 Å². The minimum Gasteiger partial charge on any atom is -0.464 e. The van der Waals surface area contributed by atoms with Crippen LogP contribution in [-0.4, -0.2) is 12.6 Å². The van der Waals surface area contributed by atoms with Crippen molar-refractivity contribution >= 4 is 5.69 Å². The molecule has 1 aromatic heterocycles. The zero-order valence-electron chi connectivity index (χ0n) is 13.7. The highest BCUT2D eigenvalue weighted by atomic mass is 16.3. The highest BCUT2D eigenvalue weighted by molar-refractivity contribution is 5.53. The Kier molecular flexibility index (Phi) is 4.73. The zero-order valence-corrected chi connectivity index (χ0v) is 13.7. The lowest BCUT2D eigenvalue weighted by Gasteiger charge is -2.25. The Labute approximate surface area is 128 Å². The molecular formula is C18H26N2O. The summed E-state index contributed by atoms with van der Waals surface area (Å²) in [6.07, 6.45) is 0. The van der Waals surface area contributed by atoms with E-state index in [-0.39, 0.29) is 5.54 Å². The largest absolute Gasteiger partial charge is 0.464 e. The molecule has 0 unspecified atom stereocenters. The number of benzene rings is 1. The van der Waals surface area contributed by atoms with Crippen molar-refractivity contribution in [2.75, 3.05) is 11.9 Å². The van der Waals surface area contributed by atoms with Crippen LogP contribution in [0.3, 0.4) is 0 Å². The van der Waals surface area contributed by atoms with E-state index < -0.39 is 0 Å². The molecule has 0 aliphatic heterocycles. The summed E-state index contributed by atoms with van der Waals surface area (Å²) in [6, 6.07) is 12.6. The standard InChI is InChI=1S/C18H26N2O/c1-14-10-11-16(21-14)13-20(5)17-9-7-6-8-15(17)12-19-18(2,3)4/h6-11,19H,12-13H2,1-5H3. The fourth-order valence-corrected chi connectivity index (χ4v) is 2.28. The second kappa shape index (κ2) is 6.35. The van der Waals surface area contributed by atoms with E-state index in [4.69, 9.17) is 4.42 Å². The quantitative estimate of drug-likeness (QED) is 0.896. The van der Waals surface area contributed by atoms with Gasteiger partial charge in [-0.15, -0.1) is 0 Å². The number of nitrogens with one attached hydrogen (secondary N) is 1. The van der Waals surface area contributed by atoms with Crippen molar-refractivity contribution in [3.8, 4) is 0 Å². The number of furan rings is 1. The van der Waals surface area contributed by atoms with Crippen molar-refractivity contribution in [2.45, 2.75) is 46.3 Å². The predicted octanol–water partition coefficient (Wildman–Crippen LogP) is 4.11. The number of hydrogen-bond acceptors (Lipinski definition) is 3. The van der Waals surface area contributed by atoms with E-state index in [1.807, 2.05) is 19.1 Å². The number of rotatable bonds is 5. The molecule has 1 aromatic carbocycles. The van der Waals surface area contributed by atoms with Crippen LogP contribution in [0.25, 0.3) is 0 Å². The van der Waals surface area contributed by atoms with E-state index in [0.29, 0.717) is 0 Å². The maximum absolute atomic E-state index is 5.67. The maximum atomic E-state index is 5.67. The van der Waals surface area contributed by atoms with E-state index >= 15 is 0 Å². The topological polar surface area (TPSA) is 28.4 Å². The summed E-state index contributed by atoms with van der Waals surface area (Å²) in [5.41, 5.74) is 2.66. The fraction of sp³-hybridized carbons (Fsp3) is 0.444. The van der Waals surface area contributed by atoms with Crippen LogP contribution in [0.4, 0.5) is 5.69 Å². The van der Waals surface area contributed by atoms with Gasteiger partial charge in [0.2, 0.25) is 0 Å². The molecule has 0 amide bonds. The second-order valence-electron chi connectivity index (χ2n) is 6.60. The molecule has 3 nitrogen and oxygen atoms in total. The molecule has 2 aromatic rings. The first kappa shape index (κ1) is 15.6. The summed E-state index contributed by atoms with van der Waals surface area (Å²) < 4.78 is 5.67. The molecule has 0 spiro atoms. The number of nitrogens with zero attached hydrogens (tertiary/aromatic N) is 1. The molecule has 0 saturated carbocycles. The van der Waals surface area contributed by atoms with E-state index in [9.17, 15) is 0 Å². The molecule has 1 heterocycles. The van der Waals surface area contributed by atoms with Crippen LogP contribution >= 0.6 is 0 Å². The van der Waals surface area contributed by atoms with Gasteiger partial charge in [0.05, 0.1) is 6.54 Å². The van der Waals surface area contributed by atoms with E-state index in [1.165, 1.54) is 11.3 Å². The number of para-hydroxylation sites is 1. The van der Waals surface area contributed by atoms with Crippen LogP contribution in [0, 0.1) is 6.92 Å². The first-order valence-electron chi connectivity index (χ1n) is 7.44. The van der Waals surface area contributed by atoms with Crippen LogP contribution in [-0.2, 0) is 13.1 Å². The van der Waals surface area contributed by atoms with Gasteiger partial charge in [0.1, 0.15) is 11.5 Å². The SMILES string of the molecule is Cc1ccc(CN(C)c2ccccc2CNC(C)(C)C)o1. The average Bonchev–Trinajstić information content (AvgIpc) is 2.81. The van der Waals surface area contributed by atoms with Gasteiger partial charge in [0.25, 0.3) is 0 Å². The lowest BCUT2D eigenvalue weighted by atomic mass is 10.1. The van der Waals surface area contributed by atoms with Gasteiger partial charge in [-0.05, 0) is 51.5 Å². The highest BCUT2D eigenvalue weighted by Crippen LogP contribution is 2.22. The third kappa shape index (κ3) is 4.64. The average molecular weight is 286 g/mol. The summed E-state index contributed by atoms with van der Waals surface area (Å²) in [6.45, 7) is 10.2. The Bertz CT molecular complexity index is 581. The first-order chi connectivity index (χ1) is 9.85. The third-order valence-corrected chi connectivity index (χ3v) is 3.40. The predicted molar refractivity (Wildman–Crippen MR) is 88.6 cm³/mol. The lowest BCUT2D eigenvalue weighted by molar-refractivity contribution is 0.424. The third-order valence-electron chi connectivity index (χ3n) is 3.40. The summed E-state index contributed by atoms with van der Waals surface area (Å²) >= 11 is 0. The van der Waals surface area contributed by atoms with Crippen LogP contribution in [0.15, 0.2) is 40.8 Å². The molecule has 0 aliphatic rings. The van der Waals surface area contributed by atoms with Gasteiger partial charge in [-0.25, -0.2) is 0 Å². The van der Waals surface area contributed by atoms with Crippen molar-refractivity contribution in [1.29, 1.82) is 0 Å². The minimum atomic E-state index is 0.115. The Morgan fingerprint density at radius 3 is 2.43 bits per heavy atom. The van der Waals surface area contributed by atoms with Gasteiger partial charge in [-0.1, -0.05) is 18.2 Å². The van der Waals surface area contributed by atoms with Crippen LogP contribution in [0.2, 0.25) is 0 Å². The molecule has 0 radical (unpaired) electrons. The van der Waals surface area contributed by atoms with Crippen LogP contribution < -0.4 is 10.2 Å². The second-order valence-corrected chi connectivity index (χ2v) is 6.60. The summed E-state index contributed by atoms with van der Waals surface area (Å²) in [7, 11) is 2.10. The number of anilines is 1. The molecule has 2 rings (SSSR count). The highest BCUT2D eigenvalue weighted by Gasteiger charge is 2.13. The Morgan fingerprint density at radius 1 is 1.10 bits per heavy atom. The molecule has 0 fully saturated rings. The Balaban J connectivity index is 2.11. The van der Waals surface area contributed by atoms with Gasteiger partial charge < -0.3 is 14.6 Å². The fourth-order valence-electron chi connectivity index (χ4n) is 2.28. The first-order valence-corrected chi connectivity index (χ1v) is 7.44. The lowest BCUT2D eigenvalue weighted by Crippen LogP contribution is -2.35. The molecule has 114 valence electrons. The maximum Gasteiger partial charge on any atom is 0.123 e. The Hall–Kier alpha value is -1.74. The van der Waals surface area contributed by atoms with Crippen molar-refractivity contribution in [1.82, 2.24) is 5.32 Å². The van der Waals surface area contributed by atoms with Crippen molar-refractivity contribution < 1.29 is 4.42 Å². The summed E-state index contributed by atoms with van der Waals surface area (Å²) in [4.78, 5) is 2.23. The molecule has 0 bridgehead atoms. The van der Waals surface area contributed by atoms with Crippen molar-refractivity contribution in [3.05, 3.63) is 53.5 Å². The van der Waals surface area contributed by atoms with Gasteiger partial charge in [-0.3, -0.25) is 0 Å². The van der Waals surface area contributed by atoms with Gasteiger partial charge >= 0.3 is 0 Å². The van der Waals surface area contributed by atoms with E-state index in [0.717, 1.165) is 24.6 Å². The molecule has 0 aliphatic carbocycles. The zero-order chi connectivity index (χ0) is 15.5. The van der Waals surface area contributed by atoms with Crippen molar-refractivity contribution in [2.24, 2.45) is 0 Å². The van der Waals surface area contributed by atoms with E-state index in [2.05, 4.69) is 62.3 Å². The number of aryl methyl sites for hydroxylation is 1. The summed E-state index contributed by atoms with van der Waals surface area (Å²) in [5, 5.41) is 3.55. The van der Waals surface area contributed by atoms with Gasteiger partial charge in [0, 0.05) is 24.8 Å². The van der Waals surface area contributed by atoms with E-state index in [1.54, 1.807) is 0 Å². The van der Waals surface area contributed by atoms with Gasteiger partial charge in [-0.2, -0.15) is 0 Å². The molecule has 21 heavy (non-hydrogen) atoms. The molecule has 3 heteroatoms. The molecule has 1 N–H and O–H groups in total. The molecule has 0 atom stereocenters. The van der Waals surface area contributed by atoms with Crippen LogP contribution in [0.1, 0.15) is 37.9 Å². The number of hydrogen-bond donors (Lipinski definition) is 1. The van der Waals surface area contributed by atoms with Gasteiger partial charge in [0.15, 0.2) is 0 Å². The Morgan fingerprint density at radius 2 is 1.81 bits per heavy atom. The van der Waals surface area contributed by atoms with Crippen LogP contribution in [0.5, 0.6) is 0 Å². The normalized spacial score (nSPS) is 11.7. The summed E-state index contributed by atoms with van der Waals surface area (Å²) in [5.74, 6) is 1.95. The minimum absolute atomic E-state index is 0.115. The smallest absolute Gasteiger partial charge is 0.123 e.